The second kappa shape index (κ2) is 1.87. The molecule has 0 amide bonds. The van der Waals surface area contributed by atoms with Gasteiger partial charge in [-0.3, -0.25) is 0 Å². The van der Waals surface area contributed by atoms with Crippen LogP contribution in [-0.4, -0.2) is 12.6 Å². The van der Waals surface area contributed by atoms with E-state index in [4.69, 9.17) is 0 Å². The summed E-state index contributed by atoms with van der Waals surface area (Å²) < 4.78 is 33.4. The van der Waals surface area contributed by atoms with Crippen molar-refractivity contribution in [1.82, 2.24) is 0 Å². The molecule has 0 aromatic carbocycles. The normalized spacial score (nSPS) is 10.6. The van der Waals surface area contributed by atoms with Gasteiger partial charge in [0.25, 0.3) is 0 Å². The molecular formula is C4H3F3. The summed E-state index contributed by atoms with van der Waals surface area (Å²) in [6.07, 6.45) is 4.18. The molecule has 40 valence electrons. The number of halogens is 3. The summed E-state index contributed by atoms with van der Waals surface area (Å²) in [7, 11) is 0. The average molecular weight is 108 g/mol. The van der Waals surface area contributed by atoms with Crippen molar-refractivity contribution in [3.05, 3.63) is 0 Å². The van der Waals surface area contributed by atoms with Crippen LogP contribution in [0.1, 0.15) is 0 Å². The van der Waals surface area contributed by atoms with E-state index in [1.54, 1.807) is 0 Å². The van der Waals surface area contributed by atoms with E-state index < -0.39 is 12.6 Å². The second-order valence-electron chi connectivity index (χ2n) is 0.982. The summed E-state index contributed by atoms with van der Waals surface area (Å²) in [6, 6.07) is 0. The van der Waals surface area contributed by atoms with Crippen molar-refractivity contribution in [2.24, 2.45) is 0 Å². The smallest absolute Gasteiger partial charge is 0.243 e. The highest BCUT2D eigenvalue weighted by Crippen LogP contribution is 2.10. The van der Waals surface area contributed by atoms with E-state index in [-0.39, 0.29) is 0 Å². The molecule has 0 atom stereocenters. The fourth-order valence-electron chi connectivity index (χ4n) is 0.0386. The van der Waals surface area contributed by atoms with Gasteiger partial charge in [0.15, 0.2) is 6.67 Å². The average Bonchev–Trinajstić information content (AvgIpc) is 1.68. The molecule has 0 aliphatic carbocycles. The second-order valence-corrected chi connectivity index (χ2v) is 0.982. The lowest BCUT2D eigenvalue weighted by atomic mass is 10.4. The van der Waals surface area contributed by atoms with Gasteiger partial charge >= 0.3 is 5.92 Å². The molecular weight excluding hydrogens is 105 g/mol. The van der Waals surface area contributed by atoms with Crippen LogP contribution in [0.2, 0.25) is 0 Å². The first-order chi connectivity index (χ1) is 3.12. The van der Waals surface area contributed by atoms with Gasteiger partial charge in [0, 0.05) is 0 Å². The van der Waals surface area contributed by atoms with Crippen LogP contribution in [0.15, 0.2) is 0 Å². The Labute approximate surface area is 39.3 Å². The molecule has 0 aromatic rings. The van der Waals surface area contributed by atoms with Gasteiger partial charge in [-0.1, -0.05) is 0 Å². The van der Waals surface area contributed by atoms with Crippen LogP contribution in [0.3, 0.4) is 0 Å². The van der Waals surface area contributed by atoms with Gasteiger partial charge in [-0.15, -0.1) is 6.42 Å². The molecule has 0 unspecified atom stereocenters. The first kappa shape index (κ1) is 6.35. The topological polar surface area (TPSA) is 0 Å². The van der Waals surface area contributed by atoms with E-state index in [0.717, 1.165) is 5.92 Å². The molecule has 0 saturated carbocycles. The van der Waals surface area contributed by atoms with Crippen LogP contribution in [0.4, 0.5) is 13.2 Å². The van der Waals surface area contributed by atoms with E-state index in [2.05, 4.69) is 6.42 Å². The summed E-state index contributed by atoms with van der Waals surface area (Å²) >= 11 is 0. The Morgan fingerprint density at radius 2 is 2.00 bits per heavy atom. The van der Waals surface area contributed by atoms with Gasteiger partial charge in [-0.05, 0) is 5.92 Å². The zero-order chi connectivity index (χ0) is 5.91. The van der Waals surface area contributed by atoms with Crippen molar-refractivity contribution in [1.29, 1.82) is 0 Å². The third kappa shape index (κ3) is 2.10. The molecule has 0 spiro atoms. The molecule has 0 nitrogen and oxygen atoms in total. The molecule has 0 aliphatic heterocycles. The Morgan fingerprint density at radius 3 is 2.00 bits per heavy atom. The van der Waals surface area contributed by atoms with E-state index in [9.17, 15) is 13.2 Å². The lowest BCUT2D eigenvalue weighted by molar-refractivity contribution is 0.0381. The maximum atomic E-state index is 11.3. The van der Waals surface area contributed by atoms with E-state index in [0.29, 0.717) is 0 Å². The fourth-order valence-corrected chi connectivity index (χ4v) is 0.0386. The van der Waals surface area contributed by atoms with Crippen molar-refractivity contribution < 1.29 is 13.2 Å². The summed E-state index contributed by atoms with van der Waals surface area (Å²) in [5.74, 6) is -2.57. The van der Waals surface area contributed by atoms with Crippen LogP contribution in [-0.2, 0) is 0 Å². The number of hydrogen-bond acceptors (Lipinski definition) is 0. The van der Waals surface area contributed by atoms with Crippen molar-refractivity contribution in [3.63, 3.8) is 0 Å². The maximum absolute atomic E-state index is 11.3. The Bertz CT molecular complexity index is 89.6. The fraction of sp³-hybridized carbons (Fsp3) is 0.500. The quantitative estimate of drug-likeness (QED) is 0.443. The molecule has 3 heteroatoms. The molecule has 0 heterocycles. The monoisotopic (exact) mass is 108 g/mol. The Hall–Kier alpha value is -0.650. The summed E-state index contributed by atoms with van der Waals surface area (Å²) in [4.78, 5) is 0. The first-order valence-electron chi connectivity index (χ1n) is 1.54. The Kier molecular flexibility index (Phi) is 1.70. The first-order valence-corrected chi connectivity index (χ1v) is 1.54. The van der Waals surface area contributed by atoms with Crippen LogP contribution in [0, 0.1) is 12.3 Å². The number of terminal acetylenes is 1. The standard InChI is InChI=1S/C4H3F3/c1-2-4(6,7)3-5/h1H,3H2. The van der Waals surface area contributed by atoms with Gasteiger partial charge in [-0.2, -0.15) is 8.78 Å². The maximum Gasteiger partial charge on any atom is 0.335 e. The molecule has 0 fully saturated rings. The van der Waals surface area contributed by atoms with Crippen molar-refractivity contribution >= 4 is 0 Å². The number of alkyl halides is 3. The third-order valence-corrected chi connectivity index (χ3v) is 0.379. The van der Waals surface area contributed by atoms with Gasteiger partial charge in [0.2, 0.25) is 0 Å². The molecule has 0 N–H and O–H groups in total. The molecule has 0 saturated heterocycles. The molecule has 0 rings (SSSR count). The lowest BCUT2D eigenvalue weighted by Crippen LogP contribution is -2.14. The van der Waals surface area contributed by atoms with Crippen molar-refractivity contribution in [2.75, 3.05) is 6.67 Å². The van der Waals surface area contributed by atoms with E-state index in [1.165, 1.54) is 0 Å². The van der Waals surface area contributed by atoms with Gasteiger partial charge < -0.3 is 0 Å². The highest BCUT2D eigenvalue weighted by Gasteiger charge is 2.24. The molecule has 0 aliphatic rings. The predicted octanol–water partition coefficient (Wildman–Crippen LogP) is 1.22. The summed E-state index contributed by atoms with van der Waals surface area (Å²) in [5.41, 5.74) is 0. The van der Waals surface area contributed by atoms with Crippen LogP contribution in [0.5, 0.6) is 0 Å². The zero-order valence-electron chi connectivity index (χ0n) is 3.42. The molecule has 0 radical (unpaired) electrons. The van der Waals surface area contributed by atoms with Crippen LogP contribution in [0.25, 0.3) is 0 Å². The number of hydrogen-bond donors (Lipinski definition) is 0. The molecule has 0 aromatic heterocycles. The largest absolute Gasteiger partial charge is 0.335 e. The van der Waals surface area contributed by atoms with E-state index >= 15 is 0 Å². The van der Waals surface area contributed by atoms with Gasteiger partial charge in [0.05, 0.1) is 0 Å². The Morgan fingerprint density at radius 1 is 1.57 bits per heavy atom. The minimum Gasteiger partial charge on any atom is -0.243 e. The summed E-state index contributed by atoms with van der Waals surface area (Å²) in [6.45, 7) is -1.77. The minimum atomic E-state index is -3.56. The van der Waals surface area contributed by atoms with Gasteiger partial charge in [0.1, 0.15) is 0 Å². The van der Waals surface area contributed by atoms with Gasteiger partial charge in [-0.25, -0.2) is 4.39 Å². The van der Waals surface area contributed by atoms with Crippen LogP contribution >= 0.6 is 0 Å². The minimum absolute atomic E-state index is 0.983. The third-order valence-electron chi connectivity index (χ3n) is 0.379. The Balaban J connectivity index is 3.66. The van der Waals surface area contributed by atoms with Crippen molar-refractivity contribution in [3.8, 4) is 12.3 Å². The number of rotatable bonds is 1. The zero-order valence-corrected chi connectivity index (χ0v) is 3.42. The van der Waals surface area contributed by atoms with Crippen LogP contribution < -0.4 is 0 Å². The highest BCUT2D eigenvalue weighted by atomic mass is 19.3. The molecule has 0 bridgehead atoms. The SMILES string of the molecule is C#CC(F)(F)CF. The van der Waals surface area contributed by atoms with Crippen molar-refractivity contribution in [2.45, 2.75) is 5.92 Å². The van der Waals surface area contributed by atoms with E-state index in [1.807, 2.05) is 0 Å². The molecule has 7 heavy (non-hydrogen) atoms. The predicted molar refractivity (Wildman–Crippen MR) is 19.8 cm³/mol. The highest BCUT2D eigenvalue weighted by molar-refractivity contribution is 5.00. The summed E-state index contributed by atoms with van der Waals surface area (Å²) in [5, 5.41) is 0. The lowest BCUT2D eigenvalue weighted by Gasteiger charge is -1.98.